The molecule has 2 bridgehead atoms. The molecule has 3 rings (SSSR count). The van der Waals surface area contributed by atoms with Crippen LogP contribution in [0.3, 0.4) is 0 Å². The Balaban J connectivity index is 1.63. The molecule has 0 aromatic heterocycles. The standard InChI is InChI=1S/C16H30N2O/c1-2-9-18(12-16(19)7-3-4-8-16)15-10-13-5-6-14(11-15)17-13/h13-15,17,19H,2-12H2,1H3. The van der Waals surface area contributed by atoms with Gasteiger partial charge < -0.3 is 10.4 Å². The summed E-state index contributed by atoms with van der Waals surface area (Å²) in [5.74, 6) is 0. The van der Waals surface area contributed by atoms with E-state index in [1.54, 1.807) is 0 Å². The van der Waals surface area contributed by atoms with Gasteiger partial charge in [-0.25, -0.2) is 0 Å². The van der Waals surface area contributed by atoms with Crippen LogP contribution in [-0.2, 0) is 0 Å². The molecule has 0 amide bonds. The molecule has 0 spiro atoms. The summed E-state index contributed by atoms with van der Waals surface area (Å²) in [7, 11) is 0. The number of piperidine rings is 1. The minimum atomic E-state index is -0.376. The highest BCUT2D eigenvalue weighted by Crippen LogP contribution is 2.34. The van der Waals surface area contributed by atoms with Gasteiger partial charge in [-0.3, -0.25) is 4.90 Å². The average Bonchev–Trinajstić information content (AvgIpc) is 2.96. The number of hydrogen-bond donors (Lipinski definition) is 2. The van der Waals surface area contributed by atoms with E-state index < -0.39 is 0 Å². The lowest BCUT2D eigenvalue weighted by Crippen LogP contribution is -2.52. The normalized spacial score (nSPS) is 37.1. The van der Waals surface area contributed by atoms with Crippen LogP contribution < -0.4 is 5.32 Å². The third-order valence-electron chi connectivity index (χ3n) is 5.51. The Kier molecular flexibility index (Phi) is 4.16. The summed E-state index contributed by atoms with van der Waals surface area (Å²) in [5, 5.41) is 14.4. The molecule has 2 atom stereocenters. The van der Waals surface area contributed by atoms with E-state index in [2.05, 4.69) is 17.1 Å². The third-order valence-corrected chi connectivity index (χ3v) is 5.51. The minimum absolute atomic E-state index is 0.376. The molecule has 0 aromatic carbocycles. The van der Waals surface area contributed by atoms with Crippen molar-refractivity contribution in [3.05, 3.63) is 0 Å². The van der Waals surface area contributed by atoms with E-state index in [1.807, 2.05) is 0 Å². The van der Waals surface area contributed by atoms with E-state index in [4.69, 9.17) is 0 Å². The van der Waals surface area contributed by atoms with E-state index in [0.717, 1.165) is 38.0 Å². The maximum absolute atomic E-state index is 10.7. The van der Waals surface area contributed by atoms with Gasteiger partial charge in [-0.05, 0) is 51.5 Å². The summed E-state index contributed by atoms with van der Waals surface area (Å²) in [6.45, 7) is 4.35. The molecule has 2 saturated heterocycles. The first-order chi connectivity index (χ1) is 9.18. The lowest BCUT2D eigenvalue weighted by Gasteiger charge is -2.41. The Morgan fingerprint density at radius 1 is 1.16 bits per heavy atom. The highest BCUT2D eigenvalue weighted by atomic mass is 16.3. The minimum Gasteiger partial charge on any atom is -0.389 e. The Hall–Kier alpha value is -0.120. The number of aliphatic hydroxyl groups is 1. The number of nitrogens with one attached hydrogen (secondary N) is 1. The van der Waals surface area contributed by atoms with Crippen LogP contribution in [0, 0.1) is 0 Å². The van der Waals surface area contributed by atoms with Gasteiger partial charge in [0.2, 0.25) is 0 Å². The smallest absolute Gasteiger partial charge is 0.0774 e. The van der Waals surface area contributed by atoms with Crippen LogP contribution in [0.5, 0.6) is 0 Å². The van der Waals surface area contributed by atoms with Crippen molar-refractivity contribution < 1.29 is 5.11 Å². The molecule has 3 heteroatoms. The SMILES string of the molecule is CCCN(CC1(O)CCCC1)C1CC2CCC(C1)N2. The first kappa shape index (κ1) is 13.8. The first-order valence-electron chi connectivity index (χ1n) is 8.41. The second-order valence-electron chi connectivity index (χ2n) is 7.17. The van der Waals surface area contributed by atoms with Crippen LogP contribution in [0.15, 0.2) is 0 Å². The summed E-state index contributed by atoms with van der Waals surface area (Å²) < 4.78 is 0. The van der Waals surface area contributed by atoms with Crippen LogP contribution in [0.1, 0.15) is 64.7 Å². The Labute approximate surface area is 117 Å². The topological polar surface area (TPSA) is 35.5 Å². The zero-order valence-corrected chi connectivity index (χ0v) is 12.4. The average molecular weight is 266 g/mol. The van der Waals surface area contributed by atoms with Crippen molar-refractivity contribution in [3.8, 4) is 0 Å². The quantitative estimate of drug-likeness (QED) is 0.801. The van der Waals surface area contributed by atoms with Crippen molar-refractivity contribution in [2.45, 2.75) is 88.4 Å². The van der Waals surface area contributed by atoms with Gasteiger partial charge in [-0.15, -0.1) is 0 Å². The van der Waals surface area contributed by atoms with E-state index in [9.17, 15) is 5.11 Å². The van der Waals surface area contributed by atoms with Gasteiger partial charge in [0, 0.05) is 24.7 Å². The molecule has 2 aliphatic heterocycles. The summed E-state index contributed by atoms with van der Waals surface area (Å²) in [5.41, 5.74) is -0.376. The van der Waals surface area contributed by atoms with Crippen molar-refractivity contribution in [2.75, 3.05) is 13.1 Å². The molecule has 2 heterocycles. The predicted molar refractivity (Wildman–Crippen MR) is 78.2 cm³/mol. The van der Waals surface area contributed by atoms with Crippen molar-refractivity contribution >= 4 is 0 Å². The van der Waals surface area contributed by atoms with Gasteiger partial charge >= 0.3 is 0 Å². The first-order valence-corrected chi connectivity index (χ1v) is 8.41. The molecule has 3 aliphatic rings. The van der Waals surface area contributed by atoms with Crippen LogP contribution in [0.4, 0.5) is 0 Å². The Bertz CT molecular complexity index is 289. The van der Waals surface area contributed by atoms with Gasteiger partial charge in [0.25, 0.3) is 0 Å². The van der Waals surface area contributed by atoms with Crippen molar-refractivity contribution in [1.29, 1.82) is 0 Å². The fourth-order valence-electron chi connectivity index (χ4n) is 4.57. The molecular formula is C16H30N2O. The highest BCUT2D eigenvalue weighted by Gasteiger charge is 2.39. The van der Waals surface area contributed by atoms with Gasteiger partial charge in [0.1, 0.15) is 0 Å². The molecule has 3 nitrogen and oxygen atoms in total. The summed E-state index contributed by atoms with van der Waals surface area (Å²) in [6, 6.07) is 2.21. The number of hydrogen-bond acceptors (Lipinski definition) is 3. The molecule has 1 aliphatic carbocycles. The van der Waals surface area contributed by atoms with E-state index in [-0.39, 0.29) is 5.60 Å². The zero-order chi connectivity index (χ0) is 13.3. The molecule has 2 unspecified atom stereocenters. The number of nitrogens with zero attached hydrogens (tertiary/aromatic N) is 1. The molecule has 1 saturated carbocycles. The van der Waals surface area contributed by atoms with Crippen molar-refractivity contribution in [1.82, 2.24) is 10.2 Å². The van der Waals surface area contributed by atoms with Gasteiger partial charge in [-0.1, -0.05) is 19.8 Å². The molecule has 0 aromatic rings. The molecule has 0 radical (unpaired) electrons. The fourth-order valence-corrected chi connectivity index (χ4v) is 4.57. The van der Waals surface area contributed by atoms with Gasteiger partial charge in [0.05, 0.1) is 5.60 Å². The summed E-state index contributed by atoms with van der Waals surface area (Å²) in [4.78, 5) is 2.62. The molecular weight excluding hydrogens is 236 g/mol. The van der Waals surface area contributed by atoms with Crippen molar-refractivity contribution in [3.63, 3.8) is 0 Å². The molecule has 19 heavy (non-hydrogen) atoms. The highest BCUT2D eigenvalue weighted by molar-refractivity contribution is 4.97. The van der Waals surface area contributed by atoms with E-state index in [0.29, 0.717) is 6.04 Å². The zero-order valence-electron chi connectivity index (χ0n) is 12.4. The van der Waals surface area contributed by atoms with Crippen LogP contribution in [-0.4, -0.2) is 46.8 Å². The maximum Gasteiger partial charge on any atom is 0.0774 e. The number of rotatable bonds is 5. The monoisotopic (exact) mass is 266 g/mol. The Morgan fingerprint density at radius 2 is 1.79 bits per heavy atom. The van der Waals surface area contributed by atoms with Gasteiger partial charge in [0.15, 0.2) is 0 Å². The van der Waals surface area contributed by atoms with Crippen LogP contribution in [0.2, 0.25) is 0 Å². The van der Waals surface area contributed by atoms with Crippen molar-refractivity contribution in [2.24, 2.45) is 0 Å². The largest absolute Gasteiger partial charge is 0.389 e. The second-order valence-corrected chi connectivity index (χ2v) is 7.17. The molecule has 110 valence electrons. The number of fused-ring (bicyclic) bond motifs is 2. The van der Waals surface area contributed by atoms with E-state index in [1.165, 1.54) is 44.9 Å². The maximum atomic E-state index is 10.7. The molecule has 2 N–H and O–H groups in total. The lowest BCUT2D eigenvalue weighted by atomic mass is 9.94. The van der Waals surface area contributed by atoms with Crippen LogP contribution >= 0.6 is 0 Å². The third kappa shape index (κ3) is 3.14. The molecule has 3 fully saturated rings. The second kappa shape index (κ2) is 5.71. The fraction of sp³-hybridized carbons (Fsp3) is 1.00. The lowest BCUT2D eigenvalue weighted by molar-refractivity contribution is -0.0106. The van der Waals surface area contributed by atoms with E-state index >= 15 is 0 Å². The Morgan fingerprint density at radius 3 is 2.37 bits per heavy atom. The predicted octanol–water partition coefficient (Wildman–Crippen LogP) is 2.29. The summed E-state index contributed by atoms with van der Waals surface area (Å²) in [6.07, 6.45) is 11.0. The summed E-state index contributed by atoms with van der Waals surface area (Å²) >= 11 is 0. The van der Waals surface area contributed by atoms with Crippen LogP contribution in [0.25, 0.3) is 0 Å². The van der Waals surface area contributed by atoms with Gasteiger partial charge in [-0.2, -0.15) is 0 Å².